The summed E-state index contributed by atoms with van der Waals surface area (Å²) < 4.78 is 0. The Labute approximate surface area is 182 Å². The SMILES string of the molecule is C=C.C=C.CCCCCCCCCCC=CC=CC#CC(=O)C(=O)C[Si](C)(C)C. The lowest BCUT2D eigenvalue weighted by molar-refractivity contribution is -0.132. The van der Waals surface area contributed by atoms with E-state index in [2.05, 4.69) is 70.8 Å². The number of unbranched alkanes of at least 4 members (excludes halogenated alkanes) is 8. The summed E-state index contributed by atoms with van der Waals surface area (Å²) in [5.41, 5.74) is 0. The minimum Gasteiger partial charge on any atom is -0.290 e. The third kappa shape index (κ3) is 28.4. The molecule has 0 rings (SSSR count). The van der Waals surface area contributed by atoms with Gasteiger partial charge >= 0.3 is 0 Å². The highest BCUT2D eigenvalue weighted by Crippen LogP contribution is 2.10. The molecule has 0 amide bonds. The molecule has 0 N–H and O–H groups in total. The summed E-state index contributed by atoms with van der Waals surface area (Å²) in [5.74, 6) is 4.16. The summed E-state index contributed by atoms with van der Waals surface area (Å²) >= 11 is 0. The molecule has 0 atom stereocenters. The third-order valence-corrected chi connectivity index (χ3v) is 5.16. The summed E-state index contributed by atoms with van der Waals surface area (Å²) in [6.07, 6.45) is 19.3. The zero-order chi connectivity index (χ0) is 23.0. The molecule has 0 unspecified atom stereocenters. The Kier molecular flexibility index (Phi) is 26.4. The molecule has 2 nitrogen and oxygen atoms in total. The number of carbonyl (C=O) groups excluding carboxylic acids is 2. The average molecular weight is 417 g/mol. The molecule has 0 aromatic heterocycles. The number of hydrogen-bond acceptors (Lipinski definition) is 2. The van der Waals surface area contributed by atoms with Crippen LogP contribution < -0.4 is 0 Å². The van der Waals surface area contributed by atoms with Crippen molar-refractivity contribution in [2.75, 3.05) is 0 Å². The average Bonchev–Trinajstić information content (AvgIpc) is 2.69. The van der Waals surface area contributed by atoms with Gasteiger partial charge in [-0.25, -0.2) is 0 Å². The van der Waals surface area contributed by atoms with Crippen LogP contribution in [0, 0.1) is 11.8 Å². The van der Waals surface area contributed by atoms with Gasteiger partial charge in [-0.05, 0) is 24.8 Å². The van der Waals surface area contributed by atoms with Gasteiger partial charge in [0, 0.05) is 6.04 Å². The molecule has 0 fully saturated rings. The summed E-state index contributed by atoms with van der Waals surface area (Å²) in [7, 11) is -1.54. The first-order chi connectivity index (χ1) is 13.9. The number of ketones is 2. The third-order valence-electron chi connectivity index (χ3n) is 3.78. The van der Waals surface area contributed by atoms with E-state index in [1.807, 2.05) is 12.2 Å². The number of allylic oxidation sites excluding steroid dienone is 4. The minimum absolute atomic E-state index is 0.342. The topological polar surface area (TPSA) is 34.1 Å². The Bertz CT molecular complexity index is 525. The van der Waals surface area contributed by atoms with E-state index in [4.69, 9.17) is 0 Å². The Morgan fingerprint density at radius 2 is 1.34 bits per heavy atom. The van der Waals surface area contributed by atoms with E-state index in [-0.39, 0.29) is 5.78 Å². The van der Waals surface area contributed by atoms with Gasteiger partial charge < -0.3 is 0 Å². The second-order valence-corrected chi connectivity index (χ2v) is 13.3. The Morgan fingerprint density at radius 1 is 0.828 bits per heavy atom. The highest BCUT2D eigenvalue weighted by atomic mass is 28.3. The standard InChI is InChI=1S/C22H36O2Si.2C2H4/c1-5-6-7-8-9-10-11-12-13-14-15-16-17-18-19-21(23)22(24)20-25(2,3)4;2*1-2/h14-17H,5-13,20H2,1-4H3;2*1-2H2. The summed E-state index contributed by atoms with van der Waals surface area (Å²) in [6, 6.07) is 0.378. The fourth-order valence-electron chi connectivity index (χ4n) is 2.41. The van der Waals surface area contributed by atoms with Gasteiger partial charge in [-0.1, -0.05) is 95.7 Å². The minimum atomic E-state index is -1.54. The van der Waals surface area contributed by atoms with Gasteiger partial charge in [0.1, 0.15) is 0 Å². The van der Waals surface area contributed by atoms with Crippen molar-refractivity contribution in [3.8, 4) is 11.8 Å². The molecule has 0 radical (unpaired) electrons. The van der Waals surface area contributed by atoms with E-state index in [1.54, 1.807) is 6.08 Å². The monoisotopic (exact) mass is 416 g/mol. The molecule has 29 heavy (non-hydrogen) atoms. The van der Waals surface area contributed by atoms with Crippen LogP contribution in [0.15, 0.2) is 50.6 Å². The van der Waals surface area contributed by atoms with Crippen molar-refractivity contribution in [1.29, 1.82) is 0 Å². The lowest BCUT2D eigenvalue weighted by Gasteiger charge is -2.11. The molecule has 0 bridgehead atoms. The van der Waals surface area contributed by atoms with E-state index in [1.165, 1.54) is 51.4 Å². The maximum absolute atomic E-state index is 11.7. The van der Waals surface area contributed by atoms with Crippen LogP contribution in [0.4, 0.5) is 0 Å². The van der Waals surface area contributed by atoms with Gasteiger partial charge in [0.15, 0.2) is 0 Å². The summed E-state index contributed by atoms with van der Waals surface area (Å²) in [5, 5.41) is 0. The van der Waals surface area contributed by atoms with Crippen molar-refractivity contribution in [1.82, 2.24) is 0 Å². The van der Waals surface area contributed by atoms with Gasteiger partial charge in [0.05, 0.1) is 8.07 Å². The largest absolute Gasteiger partial charge is 0.290 e. The van der Waals surface area contributed by atoms with Crippen LogP contribution in [-0.2, 0) is 9.59 Å². The second kappa shape index (κ2) is 24.1. The molecule has 0 saturated heterocycles. The van der Waals surface area contributed by atoms with Crippen molar-refractivity contribution in [3.63, 3.8) is 0 Å². The Morgan fingerprint density at radius 3 is 1.86 bits per heavy atom. The molecule has 0 heterocycles. The molecule has 164 valence electrons. The van der Waals surface area contributed by atoms with Crippen molar-refractivity contribution >= 4 is 19.6 Å². The van der Waals surface area contributed by atoms with Gasteiger partial charge in [-0.2, -0.15) is 0 Å². The number of rotatable bonds is 13. The molecule has 0 saturated carbocycles. The van der Waals surface area contributed by atoms with Crippen molar-refractivity contribution in [3.05, 3.63) is 50.6 Å². The Hall–Kier alpha value is -1.92. The molecule has 3 heteroatoms. The maximum Gasteiger partial charge on any atom is 0.271 e. The first-order valence-corrected chi connectivity index (χ1v) is 14.5. The molecule has 0 aromatic rings. The molecular formula is C26H44O2Si. The molecular weight excluding hydrogens is 372 g/mol. The first-order valence-electron chi connectivity index (χ1n) is 10.8. The van der Waals surface area contributed by atoms with E-state index in [0.717, 1.165) is 6.42 Å². The van der Waals surface area contributed by atoms with E-state index in [9.17, 15) is 9.59 Å². The van der Waals surface area contributed by atoms with E-state index < -0.39 is 13.9 Å². The lowest BCUT2D eigenvalue weighted by Crippen LogP contribution is -2.27. The summed E-state index contributed by atoms with van der Waals surface area (Å²) in [6.45, 7) is 20.5. The van der Waals surface area contributed by atoms with Crippen LogP contribution in [0.2, 0.25) is 25.7 Å². The fourth-order valence-corrected chi connectivity index (χ4v) is 3.54. The van der Waals surface area contributed by atoms with Crippen molar-refractivity contribution in [2.45, 2.75) is 90.4 Å². The molecule has 0 aliphatic heterocycles. The van der Waals surface area contributed by atoms with E-state index >= 15 is 0 Å². The number of Topliss-reactive ketones (excluding diaryl/α,β-unsaturated/α-hetero) is 2. The van der Waals surface area contributed by atoms with Crippen molar-refractivity contribution < 1.29 is 9.59 Å². The van der Waals surface area contributed by atoms with Crippen LogP contribution in [-0.4, -0.2) is 19.6 Å². The normalized spacial score (nSPS) is 10.3. The molecule has 0 spiro atoms. The predicted molar refractivity (Wildman–Crippen MR) is 134 cm³/mol. The second-order valence-electron chi connectivity index (χ2n) is 7.81. The molecule has 0 aliphatic rings. The number of hydrogen-bond donors (Lipinski definition) is 0. The molecule has 0 aromatic carbocycles. The van der Waals surface area contributed by atoms with Crippen LogP contribution >= 0.6 is 0 Å². The summed E-state index contributed by atoms with van der Waals surface area (Å²) in [4.78, 5) is 23.3. The Balaban J connectivity index is -0.00000158. The highest BCUT2D eigenvalue weighted by molar-refractivity contribution is 6.81. The van der Waals surface area contributed by atoms with Gasteiger partial charge in [0.25, 0.3) is 5.78 Å². The smallest absolute Gasteiger partial charge is 0.271 e. The molecule has 0 aliphatic carbocycles. The van der Waals surface area contributed by atoms with Crippen LogP contribution in [0.1, 0.15) is 64.7 Å². The van der Waals surface area contributed by atoms with E-state index in [0.29, 0.717) is 6.04 Å². The lowest BCUT2D eigenvalue weighted by atomic mass is 10.1. The quantitative estimate of drug-likeness (QED) is 0.0586. The first kappa shape index (κ1) is 31.8. The fraction of sp³-hybridized carbons (Fsp3) is 0.538. The zero-order valence-electron chi connectivity index (χ0n) is 19.5. The van der Waals surface area contributed by atoms with Gasteiger partial charge in [-0.15, -0.1) is 26.3 Å². The van der Waals surface area contributed by atoms with Gasteiger partial charge in [0.2, 0.25) is 5.78 Å². The van der Waals surface area contributed by atoms with Crippen molar-refractivity contribution in [2.24, 2.45) is 0 Å². The zero-order valence-corrected chi connectivity index (χ0v) is 20.5. The van der Waals surface area contributed by atoms with Gasteiger partial charge in [-0.3, -0.25) is 9.59 Å². The predicted octanol–water partition coefficient (Wildman–Crippen LogP) is 7.71. The van der Waals surface area contributed by atoms with Crippen LogP contribution in [0.3, 0.4) is 0 Å². The highest BCUT2D eigenvalue weighted by Gasteiger charge is 2.21. The number of carbonyl (C=O) groups is 2. The van der Waals surface area contributed by atoms with Crippen LogP contribution in [0.25, 0.3) is 0 Å². The van der Waals surface area contributed by atoms with Crippen LogP contribution in [0.5, 0.6) is 0 Å². The maximum atomic E-state index is 11.7.